The molecule has 0 fully saturated rings. The maximum Gasteiger partial charge on any atom is 0.347 e. The first-order valence-corrected chi connectivity index (χ1v) is 4.27. The van der Waals surface area contributed by atoms with Crippen LogP contribution in [0.1, 0.15) is 0 Å². The molecule has 0 atom stereocenters. The Labute approximate surface area is 81.1 Å². The Morgan fingerprint density at radius 1 is 1.54 bits per heavy atom. The average molecular weight is 241 g/mol. The summed E-state index contributed by atoms with van der Waals surface area (Å²) in [7, 11) is 0. The van der Waals surface area contributed by atoms with Crippen molar-refractivity contribution < 1.29 is 0 Å². The molecule has 0 bridgehead atoms. The van der Waals surface area contributed by atoms with Gasteiger partial charge >= 0.3 is 5.69 Å². The van der Waals surface area contributed by atoms with Crippen molar-refractivity contribution in [3.05, 3.63) is 27.2 Å². The topological polar surface area (TPSA) is 84.7 Å². The zero-order chi connectivity index (χ0) is 9.42. The van der Waals surface area contributed by atoms with E-state index in [1.54, 1.807) is 12.3 Å². The Morgan fingerprint density at radius 2 is 2.31 bits per heavy atom. The lowest BCUT2D eigenvalue weighted by Gasteiger charge is -1.98. The number of nitrogen functional groups attached to an aromatic ring is 1. The molecule has 0 saturated heterocycles. The monoisotopic (exact) mass is 240 g/mol. The average Bonchev–Trinajstić information content (AvgIpc) is 2.02. The van der Waals surface area contributed by atoms with Gasteiger partial charge in [-0.1, -0.05) is 0 Å². The Kier molecular flexibility index (Phi) is 1.77. The number of halogens is 1. The Balaban J connectivity index is 2.94. The van der Waals surface area contributed by atoms with Crippen molar-refractivity contribution in [1.29, 1.82) is 0 Å². The molecular weight excluding hydrogens is 236 g/mol. The number of anilines is 1. The van der Waals surface area contributed by atoms with Crippen LogP contribution in [0.25, 0.3) is 11.0 Å². The van der Waals surface area contributed by atoms with Gasteiger partial charge in [0, 0.05) is 10.7 Å². The number of rotatable bonds is 0. The molecule has 6 heteroatoms. The molecule has 3 N–H and O–H groups in total. The molecule has 66 valence electrons. The minimum Gasteiger partial charge on any atom is -0.382 e. The van der Waals surface area contributed by atoms with E-state index in [1.165, 1.54) is 0 Å². The van der Waals surface area contributed by atoms with E-state index in [1.807, 2.05) is 0 Å². The second-order valence-corrected chi connectivity index (χ2v) is 3.39. The summed E-state index contributed by atoms with van der Waals surface area (Å²) in [4.78, 5) is 21.0. The van der Waals surface area contributed by atoms with Crippen LogP contribution < -0.4 is 11.4 Å². The number of hydrogen-bond donors (Lipinski definition) is 2. The summed E-state index contributed by atoms with van der Waals surface area (Å²) in [6, 6.07) is 1.72. The highest BCUT2D eigenvalue weighted by molar-refractivity contribution is 9.10. The second-order valence-electron chi connectivity index (χ2n) is 2.48. The first-order chi connectivity index (χ1) is 6.16. The number of pyridine rings is 1. The van der Waals surface area contributed by atoms with Crippen LogP contribution in [-0.4, -0.2) is 15.0 Å². The van der Waals surface area contributed by atoms with Crippen LogP contribution in [-0.2, 0) is 0 Å². The van der Waals surface area contributed by atoms with Crippen LogP contribution in [0, 0.1) is 0 Å². The summed E-state index contributed by atoms with van der Waals surface area (Å²) in [6.45, 7) is 0. The number of nitrogens with two attached hydrogens (primary N) is 1. The summed E-state index contributed by atoms with van der Waals surface area (Å²) >= 11 is 3.24. The molecule has 0 unspecified atom stereocenters. The van der Waals surface area contributed by atoms with Gasteiger partial charge in [0.2, 0.25) is 0 Å². The van der Waals surface area contributed by atoms with Crippen LogP contribution in [0.15, 0.2) is 21.5 Å². The van der Waals surface area contributed by atoms with E-state index < -0.39 is 5.69 Å². The molecule has 0 saturated carbocycles. The maximum absolute atomic E-state index is 10.9. The summed E-state index contributed by atoms with van der Waals surface area (Å²) in [5.74, 6) is 0.145. The minimum absolute atomic E-state index is 0.145. The van der Waals surface area contributed by atoms with Crippen LogP contribution in [0.5, 0.6) is 0 Å². The fourth-order valence-corrected chi connectivity index (χ4v) is 1.38. The molecule has 0 amide bonds. The van der Waals surface area contributed by atoms with Gasteiger partial charge in [0.25, 0.3) is 0 Å². The van der Waals surface area contributed by atoms with Gasteiger partial charge < -0.3 is 10.7 Å². The lowest BCUT2D eigenvalue weighted by atomic mass is 10.3. The zero-order valence-electron chi connectivity index (χ0n) is 6.41. The number of hydrogen-bond acceptors (Lipinski definition) is 4. The van der Waals surface area contributed by atoms with Gasteiger partial charge in [-0.3, -0.25) is 0 Å². The number of H-pyrrole nitrogens is 1. The quantitative estimate of drug-likeness (QED) is 0.709. The SMILES string of the molecule is Nc1nc(=O)[nH]c2cc(Br)cnc12. The second kappa shape index (κ2) is 2.81. The van der Waals surface area contributed by atoms with E-state index in [0.29, 0.717) is 11.0 Å². The molecule has 2 aromatic rings. The van der Waals surface area contributed by atoms with E-state index in [2.05, 4.69) is 30.9 Å². The summed E-state index contributed by atoms with van der Waals surface area (Å²) in [5, 5.41) is 0. The highest BCUT2D eigenvalue weighted by Gasteiger charge is 2.02. The summed E-state index contributed by atoms with van der Waals surface area (Å²) in [6.07, 6.45) is 1.60. The molecule has 0 radical (unpaired) electrons. The van der Waals surface area contributed by atoms with Crippen molar-refractivity contribution >= 4 is 32.8 Å². The van der Waals surface area contributed by atoms with Crippen LogP contribution >= 0.6 is 15.9 Å². The third kappa shape index (κ3) is 1.40. The third-order valence-corrected chi connectivity index (χ3v) is 1.99. The number of fused-ring (bicyclic) bond motifs is 1. The number of aromatic nitrogens is 3. The van der Waals surface area contributed by atoms with Gasteiger partial charge in [-0.15, -0.1) is 0 Å². The molecule has 5 nitrogen and oxygen atoms in total. The van der Waals surface area contributed by atoms with Gasteiger partial charge in [-0.25, -0.2) is 9.78 Å². The lowest BCUT2D eigenvalue weighted by molar-refractivity contribution is 1.11. The van der Waals surface area contributed by atoms with Gasteiger partial charge in [0.15, 0.2) is 5.82 Å². The molecule has 0 spiro atoms. The third-order valence-electron chi connectivity index (χ3n) is 1.56. The standard InChI is InChI=1S/C7H5BrN4O/c8-3-1-4-5(10-2-3)6(9)12-7(13)11-4/h1-2H,(H3,9,11,12,13). The predicted octanol–water partition coefficient (Wildman–Crippen LogP) is 0.663. The molecule has 0 aliphatic rings. The van der Waals surface area contributed by atoms with Crippen molar-refractivity contribution in [2.45, 2.75) is 0 Å². The number of nitrogens with one attached hydrogen (secondary N) is 1. The van der Waals surface area contributed by atoms with Gasteiger partial charge in [-0.2, -0.15) is 4.98 Å². The molecule has 2 heterocycles. The van der Waals surface area contributed by atoms with Gasteiger partial charge in [0.1, 0.15) is 5.52 Å². The highest BCUT2D eigenvalue weighted by Crippen LogP contribution is 2.16. The molecule has 0 aliphatic carbocycles. The zero-order valence-corrected chi connectivity index (χ0v) is 8.00. The van der Waals surface area contributed by atoms with Crippen molar-refractivity contribution in [3.63, 3.8) is 0 Å². The molecule has 13 heavy (non-hydrogen) atoms. The smallest absolute Gasteiger partial charge is 0.347 e. The van der Waals surface area contributed by atoms with E-state index in [0.717, 1.165) is 4.47 Å². The summed E-state index contributed by atoms with van der Waals surface area (Å²) in [5.41, 5.74) is 6.11. The van der Waals surface area contributed by atoms with E-state index in [-0.39, 0.29) is 5.82 Å². The predicted molar refractivity (Wildman–Crippen MR) is 52.3 cm³/mol. The van der Waals surface area contributed by atoms with Gasteiger partial charge in [-0.05, 0) is 22.0 Å². The van der Waals surface area contributed by atoms with Crippen LogP contribution in [0.3, 0.4) is 0 Å². The Hall–Kier alpha value is -1.43. The largest absolute Gasteiger partial charge is 0.382 e. The van der Waals surface area contributed by atoms with Crippen molar-refractivity contribution in [1.82, 2.24) is 15.0 Å². The summed E-state index contributed by atoms with van der Waals surface area (Å²) < 4.78 is 0.779. The van der Waals surface area contributed by atoms with Crippen molar-refractivity contribution in [2.24, 2.45) is 0 Å². The van der Waals surface area contributed by atoms with Crippen molar-refractivity contribution in [3.8, 4) is 0 Å². The normalized spacial score (nSPS) is 10.5. The molecule has 2 aromatic heterocycles. The van der Waals surface area contributed by atoms with Crippen LogP contribution in [0.4, 0.5) is 5.82 Å². The lowest BCUT2D eigenvalue weighted by Crippen LogP contribution is -2.13. The van der Waals surface area contributed by atoms with Crippen LogP contribution in [0.2, 0.25) is 0 Å². The van der Waals surface area contributed by atoms with E-state index in [4.69, 9.17) is 5.73 Å². The van der Waals surface area contributed by atoms with E-state index >= 15 is 0 Å². The fourth-order valence-electron chi connectivity index (χ4n) is 1.04. The number of nitrogens with zero attached hydrogens (tertiary/aromatic N) is 2. The highest BCUT2D eigenvalue weighted by atomic mass is 79.9. The van der Waals surface area contributed by atoms with E-state index in [9.17, 15) is 4.79 Å². The fraction of sp³-hybridized carbons (Fsp3) is 0. The first kappa shape index (κ1) is 8.18. The van der Waals surface area contributed by atoms with Gasteiger partial charge in [0.05, 0.1) is 5.52 Å². The maximum atomic E-state index is 10.9. The molecule has 0 aliphatic heterocycles. The molecule has 0 aromatic carbocycles. The number of aromatic amines is 1. The molecule has 2 rings (SSSR count). The van der Waals surface area contributed by atoms with Crippen molar-refractivity contribution in [2.75, 3.05) is 5.73 Å². The first-order valence-electron chi connectivity index (χ1n) is 3.48. The Morgan fingerprint density at radius 3 is 3.08 bits per heavy atom. The Bertz CT molecular complexity index is 521. The minimum atomic E-state index is -0.468. The molecular formula is C7H5BrN4O.